The summed E-state index contributed by atoms with van der Waals surface area (Å²) >= 11 is 3.56. The van der Waals surface area contributed by atoms with Gasteiger partial charge < -0.3 is 5.32 Å². The van der Waals surface area contributed by atoms with Gasteiger partial charge in [0.05, 0.1) is 0 Å². The van der Waals surface area contributed by atoms with Gasteiger partial charge in [0.1, 0.15) is 0 Å². The maximum atomic E-state index is 3.71. The van der Waals surface area contributed by atoms with Crippen LogP contribution in [-0.2, 0) is 6.42 Å². The van der Waals surface area contributed by atoms with Crippen LogP contribution < -0.4 is 5.32 Å². The van der Waals surface area contributed by atoms with Gasteiger partial charge in [0.2, 0.25) is 0 Å². The molecule has 0 aliphatic rings. The lowest BCUT2D eigenvalue weighted by Gasteiger charge is -2.22. The van der Waals surface area contributed by atoms with Crippen molar-refractivity contribution < 1.29 is 0 Å². The van der Waals surface area contributed by atoms with Crippen LogP contribution in [0.15, 0.2) is 28.7 Å². The third-order valence-corrected chi connectivity index (χ3v) is 4.02. The first-order valence-electron chi connectivity index (χ1n) is 7.63. The molecule has 108 valence electrons. The monoisotopic (exact) mass is 325 g/mol. The normalized spacial score (nSPS) is 14.3. The van der Waals surface area contributed by atoms with Crippen LogP contribution in [0.4, 0.5) is 0 Å². The van der Waals surface area contributed by atoms with Gasteiger partial charge in [0, 0.05) is 10.5 Å². The Kier molecular flexibility index (Phi) is 8.40. The van der Waals surface area contributed by atoms with Crippen LogP contribution in [0.2, 0.25) is 0 Å². The Morgan fingerprint density at radius 2 is 2.00 bits per heavy atom. The highest BCUT2D eigenvalue weighted by atomic mass is 79.9. The highest BCUT2D eigenvalue weighted by molar-refractivity contribution is 9.10. The van der Waals surface area contributed by atoms with Gasteiger partial charge in [-0.1, -0.05) is 61.7 Å². The summed E-state index contributed by atoms with van der Waals surface area (Å²) in [4.78, 5) is 0. The molecule has 0 aliphatic heterocycles. The van der Waals surface area contributed by atoms with Crippen molar-refractivity contribution in [3.05, 3.63) is 34.3 Å². The summed E-state index contributed by atoms with van der Waals surface area (Å²) in [6, 6.07) is 9.31. The largest absolute Gasteiger partial charge is 0.314 e. The zero-order chi connectivity index (χ0) is 14.1. The van der Waals surface area contributed by atoms with E-state index < -0.39 is 0 Å². The van der Waals surface area contributed by atoms with E-state index in [1.54, 1.807) is 0 Å². The molecule has 1 aromatic rings. The molecule has 0 aliphatic carbocycles. The molecule has 19 heavy (non-hydrogen) atoms. The van der Waals surface area contributed by atoms with E-state index >= 15 is 0 Å². The minimum Gasteiger partial charge on any atom is -0.314 e. The third-order valence-electron chi connectivity index (χ3n) is 3.52. The Hall–Kier alpha value is -0.340. The average Bonchev–Trinajstić information content (AvgIpc) is 2.36. The first-order chi connectivity index (χ1) is 9.15. The fourth-order valence-corrected chi connectivity index (χ4v) is 3.08. The van der Waals surface area contributed by atoms with Gasteiger partial charge in [-0.05, 0) is 49.4 Å². The number of nitrogens with one attached hydrogen (secondary N) is 1. The molecule has 0 saturated carbocycles. The Bertz CT molecular complexity index is 351. The predicted octanol–water partition coefficient (Wildman–Crippen LogP) is 5.19. The molecule has 0 aromatic heterocycles. The van der Waals surface area contributed by atoms with Crippen LogP contribution >= 0.6 is 15.9 Å². The zero-order valence-corrected chi connectivity index (χ0v) is 14.2. The topological polar surface area (TPSA) is 12.0 Å². The summed E-state index contributed by atoms with van der Waals surface area (Å²) in [5, 5.41) is 3.71. The molecule has 2 unspecified atom stereocenters. The van der Waals surface area contributed by atoms with Crippen LogP contribution in [0.3, 0.4) is 0 Å². The van der Waals surface area contributed by atoms with Crippen molar-refractivity contribution in [2.24, 2.45) is 5.92 Å². The van der Waals surface area contributed by atoms with Crippen molar-refractivity contribution in [1.82, 2.24) is 5.32 Å². The molecule has 1 N–H and O–H groups in total. The fraction of sp³-hybridized carbons (Fsp3) is 0.647. The van der Waals surface area contributed by atoms with Gasteiger partial charge in [-0.3, -0.25) is 0 Å². The third kappa shape index (κ3) is 7.12. The van der Waals surface area contributed by atoms with E-state index in [0.717, 1.165) is 18.9 Å². The van der Waals surface area contributed by atoms with Crippen molar-refractivity contribution in [2.75, 3.05) is 6.54 Å². The lowest BCUT2D eigenvalue weighted by molar-refractivity contribution is 0.380. The summed E-state index contributed by atoms with van der Waals surface area (Å²) in [6.45, 7) is 8.01. The predicted molar refractivity (Wildman–Crippen MR) is 88.6 cm³/mol. The molecule has 1 aromatic carbocycles. The molecule has 2 atom stereocenters. The second-order valence-electron chi connectivity index (χ2n) is 5.61. The van der Waals surface area contributed by atoms with Crippen LogP contribution in [0.25, 0.3) is 0 Å². The number of rotatable bonds is 9. The molecule has 0 amide bonds. The smallest absolute Gasteiger partial charge is 0.0178 e. The Morgan fingerprint density at radius 3 is 2.63 bits per heavy atom. The van der Waals surface area contributed by atoms with Gasteiger partial charge in [-0.15, -0.1) is 0 Å². The molecule has 2 heteroatoms. The lowest BCUT2D eigenvalue weighted by Crippen LogP contribution is -2.33. The van der Waals surface area contributed by atoms with E-state index in [1.807, 2.05) is 0 Å². The van der Waals surface area contributed by atoms with Crippen molar-refractivity contribution >= 4 is 15.9 Å². The SMILES string of the molecule is CCCNC(Cc1cccc(Br)c1)CC(C)CCC. The van der Waals surface area contributed by atoms with E-state index in [9.17, 15) is 0 Å². The molecule has 1 nitrogen and oxygen atoms in total. The van der Waals surface area contributed by atoms with E-state index in [2.05, 4.69) is 66.3 Å². The minimum atomic E-state index is 0.607. The zero-order valence-electron chi connectivity index (χ0n) is 12.6. The summed E-state index contributed by atoms with van der Waals surface area (Å²) in [5.41, 5.74) is 1.42. The molecule has 1 rings (SSSR count). The van der Waals surface area contributed by atoms with E-state index in [1.165, 1.54) is 35.7 Å². The molecular weight excluding hydrogens is 298 g/mol. The second-order valence-corrected chi connectivity index (χ2v) is 6.53. The van der Waals surface area contributed by atoms with Crippen LogP contribution in [-0.4, -0.2) is 12.6 Å². The Labute approximate surface area is 127 Å². The molecule has 0 spiro atoms. The Balaban J connectivity index is 2.57. The molecule has 0 heterocycles. The van der Waals surface area contributed by atoms with Gasteiger partial charge >= 0.3 is 0 Å². The maximum absolute atomic E-state index is 3.71. The summed E-state index contributed by atoms with van der Waals surface area (Å²) < 4.78 is 1.18. The minimum absolute atomic E-state index is 0.607. The van der Waals surface area contributed by atoms with Crippen LogP contribution in [0.5, 0.6) is 0 Å². The van der Waals surface area contributed by atoms with Gasteiger partial charge in [-0.2, -0.15) is 0 Å². The van der Waals surface area contributed by atoms with Crippen molar-refractivity contribution in [2.45, 2.75) is 58.9 Å². The summed E-state index contributed by atoms with van der Waals surface area (Å²) in [6.07, 6.45) is 6.24. The highest BCUT2D eigenvalue weighted by Gasteiger charge is 2.13. The molecule has 0 bridgehead atoms. The number of hydrogen-bond acceptors (Lipinski definition) is 1. The van der Waals surface area contributed by atoms with Gasteiger partial charge in [0.15, 0.2) is 0 Å². The quantitative estimate of drug-likeness (QED) is 0.659. The van der Waals surface area contributed by atoms with E-state index in [0.29, 0.717) is 6.04 Å². The number of halogens is 1. The first-order valence-corrected chi connectivity index (χ1v) is 8.42. The molecule has 0 saturated heterocycles. The van der Waals surface area contributed by atoms with Gasteiger partial charge in [-0.25, -0.2) is 0 Å². The van der Waals surface area contributed by atoms with Crippen molar-refractivity contribution in [3.63, 3.8) is 0 Å². The van der Waals surface area contributed by atoms with Crippen LogP contribution in [0, 0.1) is 5.92 Å². The Morgan fingerprint density at radius 1 is 1.21 bits per heavy atom. The molecule has 0 fully saturated rings. The van der Waals surface area contributed by atoms with E-state index in [4.69, 9.17) is 0 Å². The van der Waals surface area contributed by atoms with Crippen molar-refractivity contribution in [1.29, 1.82) is 0 Å². The van der Waals surface area contributed by atoms with Crippen LogP contribution in [0.1, 0.15) is 52.0 Å². The summed E-state index contributed by atoms with van der Waals surface area (Å²) in [7, 11) is 0. The second kappa shape index (κ2) is 9.55. The fourth-order valence-electron chi connectivity index (χ4n) is 2.63. The van der Waals surface area contributed by atoms with Crippen molar-refractivity contribution in [3.8, 4) is 0 Å². The lowest BCUT2D eigenvalue weighted by atomic mass is 9.93. The molecule has 0 radical (unpaired) electrons. The first kappa shape index (κ1) is 16.7. The summed E-state index contributed by atoms with van der Waals surface area (Å²) in [5.74, 6) is 0.812. The van der Waals surface area contributed by atoms with E-state index in [-0.39, 0.29) is 0 Å². The maximum Gasteiger partial charge on any atom is 0.0178 e. The molecular formula is C17H28BrN. The number of hydrogen-bond donors (Lipinski definition) is 1. The highest BCUT2D eigenvalue weighted by Crippen LogP contribution is 2.18. The van der Waals surface area contributed by atoms with Gasteiger partial charge in [0.25, 0.3) is 0 Å². The standard InChI is InChI=1S/C17H28BrN/c1-4-7-14(3)11-17(19-10-5-2)13-15-8-6-9-16(18)12-15/h6,8-9,12,14,17,19H,4-5,7,10-11,13H2,1-3H3. The average molecular weight is 326 g/mol. The number of benzene rings is 1.